The highest BCUT2D eigenvalue weighted by atomic mass is 32.1. The Balaban J connectivity index is 1.73. The quantitative estimate of drug-likeness (QED) is 0.939. The minimum absolute atomic E-state index is 0.140. The average Bonchev–Trinajstić information content (AvgIpc) is 3.00. The molecule has 5 heteroatoms. The first-order valence-corrected chi connectivity index (χ1v) is 7.60. The number of ether oxygens (including phenoxy) is 1. The van der Waals surface area contributed by atoms with Crippen LogP contribution in [0.25, 0.3) is 0 Å². The van der Waals surface area contributed by atoms with Crippen molar-refractivity contribution in [1.29, 1.82) is 0 Å². The maximum Gasteiger partial charge on any atom is 0.257 e. The predicted octanol–water partition coefficient (Wildman–Crippen LogP) is 3.28. The molecule has 0 spiro atoms. The van der Waals surface area contributed by atoms with Gasteiger partial charge in [0.15, 0.2) is 5.13 Å². The molecule has 0 unspecified atom stereocenters. The normalized spacial score (nSPS) is 13.1. The van der Waals surface area contributed by atoms with Crippen molar-refractivity contribution in [3.8, 4) is 5.75 Å². The second-order valence-electron chi connectivity index (χ2n) is 4.66. The van der Waals surface area contributed by atoms with E-state index in [-0.39, 0.29) is 5.91 Å². The average molecular weight is 288 g/mol. The van der Waals surface area contributed by atoms with Gasteiger partial charge in [0.2, 0.25) is 0 Å². The Labute approximate surface area is 121 Å². The van der Waals surface area contributed by atoms with Crippen LogP contribution in [0, 0.1) is 0 Å². The highest BCUT2D eigenvalue weighted by Gasteiger charge is 2.18. The van der Waals surface area contributed by atoms with Crippen LogP contribution in [-0.4, -0.2) is 17.5 Å². The van der Waals surface area contributed by atoms with Crippen molar-refractivity contribution < 1.29 is 9.53 Å². The second-order valence-corrected chi connectivity index (χ2v) is 5.74. The second kappa shape index (κ2) is 5.63. The molecule has 3 rings (SSSR count). The van der Waals surface area contributed by atoms with Crippen LogP contribution in [0.2, 0.25) is 0 Å². The SMILES string of the molecule is CCOc1cccc(C(=O)Nc2nc3c(s2)CCC3)c1. The van der Waals surface area contributed by atoms with E-state index >= 15 is 0 Å². The Hall–Kier alpha value is -1.88. The van der Waals surface area contributed by atoms with E-state index in [0.717, 1.165) is 18.5 Å². The van der Waals surface area contributed by atoms with E-state index in [1.54, 1.807) is 23.5 Å². The fourth-order valence-corrected chi connectivity index (χ4v) is 3.35. The summed E-state index contributed by atoms with van der Waals surface area (Å²) in [7, 11) is 0. The number of nitrogens with one attached hydrogen (secondary N) is 1. The molecule has 104 valence electrons. The summed E-state index contributed by atoms with van der Waals surface area (Å²) in [6.45, 7) is 2.51. The molecule has 1 aliphatic carbocycles. The van der Waals surface area contributed by atoms with Crippen LogP contribution < -0.4 is 10.1 Å². The summed E-state index contributed by atoms with van der Waals surface area (Å²) in [6, 6.07) is 7.19. The number of anilines is 1. The number of benzene rings is 1. The Bertz CT molecular complexity index is 615. The van der Waals surface area contributed by atoms with E-state index in [9.17, 15) is 4.79 Å². The van der Waals surface area contributed by atoms with E-state index in [0.29, 0.717) is 23.1 Å². The smallest absolute Gasteiger partial charge is 0.257 e. The third kappa shape index (κ3) is 2.67. The van der Waals surface area contributed by atoms with Crippen LogP contribution in [0.4, 0.5) is 5.13 Å². The van der Waals surface area contributed by atoms with Gasteiger partial charge in [-0.2, -0.15) is 0 Å². The summed E-state index contributed by atoms with van der Waals surface area (Å²) in [6.07, 6.45) is 3.29. The first-order valence-electron chi connectivity index (χ1n) is 6.79. The van der Waals surface area contributed by atoms with Gasteiger partial charge >= 0.3 is 0 Å². The van der Waals surface area contributed by atoms with Crippen LogP contribution in [-0.2, 0) is 12.8 Å². The number of hydrogen-bond donors (Lipinski definition) is 1. The van der Waals surface area contributed by atoms with Crippen LogP contribution in [0.15, 0.2) is 24.3 Å². The number of carbonyl (C=O) groups excluding carboxylic acids is 1. The van der Waals surface area contributed by atoms with Gasteiger partial charge in [0, 0.05) is 10.4 Å². The lowest BCUT2D eigenvalue weighted by atomic mass is 10.2. The summed E-state index contributed by atoms with van der Waals surface area (Å²) in [5.74, 6) is 0.570. The summed E-state index contributed by atoms with van der Waals surface area (Å²) in [4.78, 5) is 18.0. The summed E-state index contributed by atoms with van der Waals surface area (Å²) in [5, 5.41) is 3.57. The number of nitrogens with zero attached hydrogens (tertiary/aromatic N) is 1. The summed E-state index contributed by atoms with van der Waals surface area (Å²) in [5.41, 5.74) is 1.74. The molecule has 0 fully saturated rings. The number of amides is 1. The monoisotopic (exact) mass is 288 g/mol. The van der Waals surface area contributed by atoms with Crippen molar-refractivity contribution in [3.05, 3.63) is 40.4 Å². The molecule has 1 N–H and O–H groups in total. The minimum atomic E-state index is -0.140. The Kier molecular flexibility index (Phi) is 3.69. The van der Waals surface area contributed by atoms with E-state index in [4.69, 9.17) is 4.74 Å². The number of carbonyl (C=O) groups is 1. The van der Waals surface area contributed by atoms with Crippen LogP contribution in [0.5, 0.6) is 5.75 Å². The predicted molar refractivity (Wildman–Crippen MR) is 79.7 cm³/mol. The van der Waals surface area contributed by atoms with Gasteiger partial charge in [-0.15, -0.1) is 11.3 Å². The molecule has 0 bridgehead atoms. The van der Waals surface area contributed by atoms with E-state index in [1.807, 2.05) is 19.1 Å². The van der Waals surface area contributed by atoms with Crippen molar-refractivity contribution >= 4 is 22.4 Å². The fourth-order valence-electron chi connectivity index (χ4n) is 2.31. The lowest BCUT2D eigenvalue weighted by Crippen LogP contribution is -2.11. The van der Waals surface area contributed by atoms with Gasteiger partial charge in [0.05, 0.1) is 12.3 Å². The highest BCUT2D eigenvalue weighted by Crippen LogP contribution is 2.30. The molecule has 1 aromatic carbocycles. The first-order chi connectivity index (χ1) is 9.76. The Morgan fingerprint density at radius 2 is 2.35 bits per heavy atom. The Morgan fingerprint density at radius 1 is 1.45 bits per heavy atom. The lowest BCUT2D eigenvalue weighted by Gasteiger charge is -2.05. The summed E-state index contributed by atoms with van der Waals surface area (Å²) < 4.78 is 5.40. The van der Waals surface area contributed by atoms with Crippen LogP contribution in [0.1, 0.15) is 34.3 Å². The zero-order chi connectivity index (χ0) is 13.9. The van der Waals surface area contributed by atoms with E-state index in [1.165, 1.54) is 11.3 Å². The first kappa shape index (κ1) is 13.1. The molecule has 1 aliphatic rings. The molecule has 0 saturated heterocycles. The third-order valence-corrected chi connectivity index (χ3v) is 4.30. The maximum atomic E-state index is 12.2. The van der Waals surface area contributed by atoms with E-state index in [2.05, 4.69) is 10.3 Å². The van der Waals surface area contributed by atoms with Crippen LogP contribution >= 0.6 is 11.3 Å². The van der Waals surface area contributed by atoms with Gasteiger partial charge in [-0.05, 0) is 44.4 Å². The van der Waals surface area contributed by atoms with E-state index < -0.39 is 0 Å². The molecular formula is C15H16N2O2S. The van der Waals surface area contributed by atoms with Gasteiger partial charge in [0.25, 0.3) is 5.91 Å². The fraction of sp³-hybridized carbons (Fsp3) is 0.333. The van der Waals surface area contributed by atoms with Gasteiger partial charge in [-0.3, -0.25) is 10.1 Å². The molecule has 0 aliphatic heterocycles. The molecule has 0 saturated carbocycles. The van der Waals surface area contributed by atoms with Crippen molar-refractivity contribution in [2.45, 2.75) is 26.2 Å². The van der Waals surface area contributed by atoms with Gasteiger partial charge in [-0.25, -0.2) is 4.98 Å². The zero-order valence-corrected chi connectivity index (χ0v) is 12.1. The number of hydrogen-bond acceptors (Lipinski definition) is 4. The van der Waals surface area contributed by atoms with Gasteiger partial charge in [0.1, 0.15) is 5.75 Å². The zero-order valence-electron chi connectivity index (χ0n) is 11.3. The number of rotatable bonds is 4. The number of aryl methyl sites for hydroxylation is 2. The molecule has 1 heterocycles. The van der Waals surface area contributed by atoms with Crippen molar-refractivity contribution in [2.75, 3.05) is 11.9 Å². The van der Waals surface area contributed by atoms with Crippen LogP contribution in [0.3, 0.4) is 0 Å². The molecule has 1 amide bonds. The van der Waals surface area contributed by atoms with Gasteiger partial charge < -0.3 is 4.74 Å². The number of thiazole rings is 1. The number of fused-ring (bicyclic) bond motifs is 1. The minimum Gasteiger partial charge on any atom is -0.494 e. The molecule has 1 aromatic heterocycles. The van der Waals surface area contributed by atoms with Crippen molar-refractivity contribution in [1.82, 2.24) is 4.98 Å². The molecule has 20 heavy (non-hydrogen) atoms. The molecule has 2 aromatic rings. The molecule has 0 radical (unpaired) electrons. The van der Waals surface area contributed by atoms with Gasteiger partial charge in [-0.1, -0.05) is 6.07 Å². The van der Waals surface area contributed by atoms with Crippen molar-refractivity contribution in [2.24, 2.45) is 0 Å². The topological polar surface area (TPSA) is 51.2 Å². The molecule has 0 atom stereocenters. The molecule has 4 nitrogen and oxygen atoms in total. The third-order valence-electron chi connectivity index (χ3n) is 3.22. The lowest BCUT2D eigenvalue weighted by molar-refractivity contribution is 0.102. The summed E-state index contributed by atoms with van der Waals surface area (Å²) >= 11 is 1.59. The van der Waals surface area contributed by atoms with Crippen molar-refractivity contribution in [3.63, 3.8) is 0 Å². The largest absolute Gasteiger partial charge is 0.494 e. The maximum absolute atomic E-state index is 12.2. The Morgan fingerprint density at radius 3 is 3.15 bits per heavy atom. The standard InChI is InChI=1S/C15H16N2O2S/c1-2-19-11-6-3-5-10(9-11)14(18)17-15-16-12-7-4-8-13(12)20-15/h3,5-6,9H,2,4,7-8H2,1H3,(H,16,17,18). The highest BCUT2D eigenvalue weighted by molar-refractivity contribution is 7.15. The molecular weight excluding hydrogens is 272 g/mol. The number of aromatic nitrogens is 1.